The monoisotopic (exact) mass is 426 g/mol. The van der Waals surface area contributed by atoms with Crippen LogP contribution in [0.5, 0.6) is 0 Å². The molecule has 2 aromatic rings. The lowest BCUT2D eigenvalue weighted by atomic mass is 10.0. The Balaban J connectivity index is 1.70. The first-order valence-corrected chi connectivity index (χ1v) is 10.7. The zero-order valence-corrected chi connectivity index (χ0v) is 18.4. The van der Waals surface area contributed by atoms with Crippen LogP contribution in [0.2, 0.25) is 0 Å². The zero-order valence-electron chi connectivity index (χ0n) is 18.4. The van der Waals surface area contributed by atoms with Gasteiger partial charge in [-0.1, -0.05) is 36.4 Å². The van der Waals surface area contributed by atoms with Crippen molar-refractivity contribution in [1.82, 2.24) is 5.32 Å². The van der Waals surface area contributed by atoms with Crippen LogP contribution in [0.1, 0.15) is 42.7 Å². The number of morpholine rings is 1. The second-order valence-corrected chi connectivity index (χ2v) is 8.71. The molecule has 3 N–H and O–H groups in total. The summed E-state index contributed by atoms with van der Waals surface area (Å²) in [5, 5.41) is 5.86. The van der Waals surface area contributed by atoms with E-state index in [1.165, 1.54) is 4.90 Å². The summed E-state index contributed by atoms with van der Waals surface area (Å²) in [4.78, 5) is 26.5. The van der Waals surface area contributed by atoms with E-state index in [-0.39, 0.29) is 11.9 Å². The molecule has 1 aliphatic rings. The number of anilines is 1. The van der Waals surface area contributed by atoms with Gasteiger partial charge in [-0.25, -0.2) is 4.79 Å². The second-order valence-electron chi connectivity index (χ2n) is 8.71. The molecule has 0 bridgehead atoms. The maximum atomic E-state index is 13.0. The predicted octanol–water partition coefficient (Wildman–Crippen LogP) is 2.42. The highest BCUT2D eigenvalue weighted by Crippen LogP contribution is 2.16. The minimum Gasteiger partial charge on any atom is -0.444 e. The maximum absolute atomic E-state index is 13.0. The summed E-state index contributed by atoms with van der Waals surface area (Å²) in [7, 11) is 0. The fourth-order valence-corrected chi connectivity index (χ4v) is 3.49. The maximum Gasteiger partial charge on any atom is 0.412 e. The van der Waals surface area contributed by atoms with Crippen LogP contribution in [0.15, 0.2) is 54.6 Å². The number of ether oxygens (including phenoxy) is 2. The lowest BCUT2D eigenvalue weighted by Crippen LogP contribution is -3.14. The molecular formula is C24H32N3O4+. The highest BCUT2D eigenvalue weighted by molar-refractivity contribution is 5.96. The first-order chi connectivity index (χ1) is 14.8. The number of carbonyl (C=O) groups is 2. The van der Waals surface area contributed by atoms with Gasteiger partial charge in [-0.15, -0.1) is 0 Å². The molecule has 1 fully saturated rings. The number of hydrogen-bond acceptors (Lipinski definition) is 4. The number of hydrogen-bond donors (Lipinski definition) is 3. The highest BCUT2D eigenvalue weighted by Gasteiger charge is 2.23. The van der Waals surface area contributed by atoms with Crippen LogP contribution in [0.3, 0.4) is 0 Å². The number of rotatable bonds is 6. The van der Waals surface area contributed by atoms with Gasteiger partial charge in [0.05, 0.1) is 13.2 Å². The van der Waals surface area contributed by atoms with Crippen molar-refractivity contribution in [3.63, 3.8) is 0 Å². The molecular weight excluding hydrogens is 394 g/mol. The fourth-order valence-electron chi connectivity index (χ4n) is 3.49. The van der Waals surface area contributed by atoms with Crippen LogP contribution in [0, 0.1) is 0 Å². The summed E-state index contributed by atoms with van der Waals surface area (Å²) in [5.74, 6) is -0.186. The molecule has 1 saturated heterocycles. The molecule has 2 aromatic carbocycles. The molecule has 1 aliphatic heterocycles. The minimum atomic E-state index is -0.593. The van der Waals surface area contributed by atoms with Crippen molar-refractivity contribution in [1.29, 1.82) is 0 Å². The van der Waals surface area contributed by atoms with Gasteiger partial charge in [0.1, 0.15) is 31.3 Å². The van der Waals surface area contributed by atoms with Gasteiger partial charge in [0.15, 0.2) is 0 Å². The van der Waals surface area contributed by atoms with Crippen LogP contribution in [-0.4, -0.2) is 50.4 Å². The molecule has 166 valence electrons. The van der Waals surface area contributed by atoms with E-state index in [2.05, 4.69) is 10.6 Å². The van der Waals surface area contributed by atoms with Crippen LogP contribution < -0.4 is 15.5 Å². The van der Waals surface area contributed by atoms with E-state index in [0.29, 0.717) is 11.3 Å². The average Bonchev–Trinajstić information content (AvgIpc) is 2.73. The van der Waals surface area contributed by atoms with Crippen LogP contribution in [0.4, 0.5) is 10.5 Å². The van der Waals surface area contributed by atoms with Crippen LogP contribution in [0.25, 0.3) is 0 Å². The summed E-state index contributed by atoms with van der Waals surface area (Å²) in [5.41, 5.74) is 1.46. The third-order valence-corrected chi connectivity index (χ3v) is 4.97. The first-order valence-electron chi connectivity index (χ1n) is 10.7. The van der Waals surface area contributed by atoms with Crippen molar-refractivity contribution in [2.45, 2.75) is 32.4 Å². The zero-order chi connectivity index (χ0) is 22.3. The predicted molar refractivity (Wildman–Crippen MR) is 119 cm³/mol. The Morgan fingerprint density at radius 1 is 1.06 bits per heavy atom. The normalized spacial score (nSPS) is 15.7. The molecule has 0 aliphatic carbocycles. The highest BCUT2D eigenvalue weighted by atomic mass is 16.6. The second kappa shape index (κ2) is 10.4. The van der Waals surface area contributed by atoms with Gasteiger partial charge in [0, 0.05) is 11.3 Å². The van der Waals surface area contributed by atoms with Gasteiger partial charge in [-0.2, -0.15) is 0 Å². The molecule has 0 spiro atoms. The van der Waals surface area contributed by atoms with Crippen molar-refractivity contribution in [3.05, 3.63) is 65.7 Å². The van der Waals surface area contributed by atoms with E-state index in [9.17, 15) is 9.59 Å². The number of benzene rings is 2. The van der Waals surface area contributed by atoms with E-state index in [1.807, 2.05) is 30.3 Å². The number of amides is 2. The molecule has 1 heterocycles. The minimum absolute atomic E-state index is 0.121. The van der Waals surface area contributed by atoms with Crippen molar-refractivity contribution in [3.8, 4) is 0 Å². The van der Waals surface area contributed by atoms with Crippen LogP contribution in [-0.2, 0) is 9.47 Å². The molecule has 7 nitrogen and oxygen atoms in total. The van der Waals surface area contributed by atoms with Crippen molar-refractivity contribution >= 4 is 17.7 Å². The van der Waals surface area contributed by atoms with Gasteiger partial charge >= 0.3 is 6.09 Å². The molecule has 1 atom stereocenters. The van der Waals surface area contributed by atoms with Crippen LogP contribution >= 0.6 is 0 Å². The Morgan fingerprint density at radius 3 is 2.45 bits per heavy atom. The Labute approximate surface area is 183 Å². The lowest BCUT2D eigenvalue weighted by molar-refractivity contribution is -0.909. The average molecular weight is 427 g/mol. The standard InChI is InChI=1S/C24H31N3O4/c1-24(2,3)31-23(29)25-20-11-7-10-19(16-20)22(28)26-21(18-8-5-4-6-9-18)17-27-12-14-30-15-13-27/h4-11,16,21H,12-15,17H2,1-3H3,(H,25,29)(H,26,28)/p+1/t21-/m0/s1. The summed E-state index contributed by atoms with van der Waals surface area (Å²) >= 11 is 0. The van der Waals surface area contributed by atoms with Gasteiger partial charge in [-0.05, 0) is 44.5 Å². The van der Waals surface area contributed by atoms with Gasteiger partial charge in [0.2, 0.25) is 0 Å². The molecule has 2 amide bonds. The summed E-state index contributed by atoms with van der Waals surface area (Å²) in [6.07, 6.45) is -0.553. The Hall–Kier alpha value is -2.90. The topological polar surface area (TPSA) is 81.1 Å². The van der Waals surface area contributed by atoms with E-state index >= 15 is 0 Å². The molecule has 0 unspecified atom stereocenters. The Morgan fingerprint density at radius 2 is 1.77 bits per heavy atom. The molecule has 3 rings (SSSR count). The van der Waals surface area contributed by atoms with Crippen molar-refractivity contribution in [2.24, 2.45) is 0 Å². The summed E-state index contributed by atoms with van der Waals surface area (Å²) < 4.78 is 10.7. The largest absolute Gasteiger partial charge is 0.444 e. The van der Waals surface area contributed by atoms with Gasteiger partial charge in [0.25, 0.3) is 5.91 Å². The Kier molecular flexibility index (Phi) is 7.65. The number of quaternary nitrogens is 1. The van der Waals surface area contributed by atoms with Crippen molar-refractivity contribution in [2.75, 3.05) is 38.2 Å². The summed E-state index contributed by atoms with van der Waals surface area (Å²) in [6.45, 7) is 9.52. The van der Waals surface area contributed by atoms with E-state index in [4.69, 9.17) is 9.47 Å². The molecule has 7 heteroatoms. The van der Waals surface area contributed by atoms with E-state index < -0.39 is 11.7 Å². The third kappa shape index (κ3) is 7.38. The SMILES string of the molecule is CC(C)(C)OC(=O)Nc1cccc(C(=O)N[C@@H](C[NH+]2CCOCC2)c2ccccc2)c1. The molecule has 0 aromatic heterocycles. The first kappa shape index (κ1) is 22.8. The quantitative estimate of drug-likeness (QED) is 0.663. The summed E-state index contributed by atoms with van der Waals surface area (Å²) in [6, 6.07) is 16.7. The molecule has 0 saturated carbocycles. The molecule has 31 heavy (non-hydrogen) atoms. The van der Waals surface area contributed by atoms with Gasteiger partial charge in [-0.3, -0.25) is 10.1 Å². The van der Waals surface area contributed by atoms with Crippen molar-refractivity contribution < 1.29 is 24.0 Å². The Bertz CT molecular complexity index is 874. The third-order valence-electron chi connectivity index (χ3n) is 4.97. The molecule has 0 radical (unpaired) electrons. The van der Waals surface area contributed by atoms with E-state index in [0.717, 1.165) is 38.4 Å². The number of carbonyl (C=O) groups excluding carboxylic acids is 2. The van der Waals surface area contributed by atoms with E-state index in [1.54, 1.807) is 45.0 Å². The smallest absolute Gasteiger partial charge is 0.412 e. The fraction of sp³-hybridized carbons (Fsp3) is 0.417. The number of nitrogens with one attached hydrogen (secondary N) is 3. The van der Waals surface area contributed by atoms with Gasteiger partial charge < -0.3 is 19.7 Å². The lowest BCUT2D eigenvalue weighted by Gasteiger charge is -2.28.